The van der Waals surface area contributed by atoms with Gasteiger partial charge in [-0.15, -0.1) is 12.6 Å². The van der Waals surface area contributed by atoms with Crippen molar-refractivity contribution in [1.29, 1.82) is 0 Å². The summed E-state index contributed by atoms with van der Waals surface area (Å²) in [5, 5.41) is 19.8. The average Bonchev–Trinajstić information content (AvgIpc) is 2.94. The van der Waals surface area contributed by atoms with Crippen molar-refractivity contribution in [3.8, 4) is 5.75 Å². The number of benzene rings is 1. The number of aliphatic imine (C=N–C) groups is 1. The molecule has 0 aliphatic carbocycles. The van der Waals surface area contributed by atoms with E-state index in [0.717, 1.165) is 32.3 Å². The predicted octanol–water partition coefficient (Wildman–Crippen LogP) is 2.20. The number of thiol groups is 1. The van der Waals surface area contributed by atoms with E-state index in [0.29, 0.717) is 17.8 Å². The normalized spacial score (nSPS) is 11.5. The van der Waals surface area contributed by atoms with Gasteiger partial charge < -0.3 is 19.4 Å². The molecule has 0 amide bonds. The molecule has 6 nitrogen and oxygen atoms in total. The van der Waals surface area contributed by atoms with Gasteiger partial charge in [0.05, 0.1) is 34.5 Å². The zero-order valence-corrected chi connectivity index (χ0v) is 16.7. The Hall–Kier alpha value is -1.81. The quantitative estimate of drug-likeness (QED) is 0.249. The summed E-state index contributed by atoms with van der Waals surface area (Å²) in [6.45, 7) is 0. The summed E-state index contributed by atoms with van der Waals surface area (Å²) < 4.78 is 7.87. The number of hydrogen-bond acceptors (Lipinski definition) is 5. The molecule has 0 fully saturated rings. The number of ether oxygens (including phenoxy) is 1. The van der Waals surface area contributed by atoms with Crippen LogP contribution in [-0.2, 0) is 13.5 Å². The molecule has 134 valence electrons. The van der Waals surface area contributed by atoms with Gasteiger partial charge in [0.15, 0.2) is 0 Å². The molecule has 1 aromatic carbocycles. The van der Waals surface area contributed by atoms with Crippen molar-refractivity contribution in [3.63, 3.8) is 0 Å². The van der Waals surface area contributed by atoms with Crippen molar-refractivity contribution >= 4 is 63.4 Å². The Morgan fingerprint density at radius 2 is 2.12 bits per heavy atom. The van der Waals surface area contributed by atoms with Crippen molar-refractivity contribution in [2.45, 2.75) is 6.42 Å². The van der Waals surface area contributed by atoms with Gasteiger partial charge in [-0.3, -0.25) is 4.98 Å². The standard InChI is InChI=1S/C17H17BBrN3O3S/c1-22-15-8-20-12(4-11(15)6-17(22)18(23)24)3-10-5-13(19)16(25-2)7-14(10)21-9-26/h4-9,23-24H,3H2,1-2H3,(H,21,26). The maximum Gasteiger partial charge on any atom is 0.505 e. The molecule has 0 unspecified atom stereocenters. The molecule has 2 aromatic heterocycles. The smallest absolute Gasteiger partial charge is 0.495 e. The van der Waals surface area contributed by atoms with E-state index in [1.807, 2.05) is 18.2 Å². The number of rotatable bonds is 5. The van der Waals surface area contributed by atoms with Gasteiger partial charge in [-0.1, -0.05) is 0 Å². The van der Waals surface area contributed by atoms with Crippen LogP contribution in [0.2, 0.25) is 0 Å². The van der Waals surface area contributed by atoms with Gasteiger partial charge in [0.2, 0.25) is 0 Å². The minimum Gasteiger partial charge on any atom is -0.495 e. The van der Waals surface area contributed by atoms with Crippen LogP contribution in [0, 0.1) is 0 Å². The van der Waals surface area contributed by atoms with E-state index in [1.54, 1.807) is 31.0 Å². The highest BCUT2D eigenvalue weighted by Gasteiger charge is 2.18. The largest absolute Gasteiger partial charge is 0.505 e. The molecule has 0 aliphatic rings. The summed E-state index contributed by atoms with van der Waals surface area (Å²) in [7, 11) is 1.86. The monoisotopic (exact) mass is 433 g/mol. The fourth-order valence-electron chi connectivity index (χ4n) is 2.90. The average molecular weight is 434 g/mol. The minimum atomic E-state index is -1.52. The van der Waals surface area contributed by atoms with E-state index in [4.69, 9.17) is 4.74 Å². The van der Waals surface area contributed by atoms with Crippen molar-refractivity contribution in [2.75, 3.05) is 7.11 Å². The van der Waals surface area contributed by atoms with Gasteiger partial charge in [-0.05, 0) is 39.7 Å². The fraction of sp³-hybridized carbons (Fsp3) is 0.176. The molecule has 3 aromatic rings. The minimum absolute atomic E-state index is 0.423. The molecular weight excluding hydrogens is 417 g/mol. The highest BCUT2D eigenvalue weighted by molar-refractivity contribution is 9.10. The molecule has 2 N–H and O–H groups in total. The van der Waals surface area contributed by atoms with E-state index < -0.39 is 7.12 Å². The van der Waals surface area contributed by atoms with E-state index >= 15 is 0 Å². The molecule has 2 heterocycles. The number of hydrogen-bond donors (Lipinski definition) is 3. The lowest BCUT2D eigenvalue weighted by Crippen LogP contribution is -2.34. The Kier molecular flexibility index (Phi) is 5.71. The van der Waals surface area contributed by atoms with Crippen LogP contribution in [0.25, 0.3) is 10.9 Å². The molecule has 9 heteroatoms. The summed E-state index contributed by atoms with van der Waals surface area (Å²) in [5.74, 6) is 0.690. The molecule has 0 radical (unpaired) electrons. The number of halogens is 1. The lowest BCUT2D eigenvalue weighted by molar-refractivity contribution is 0.412. The highest BCUT2D eigenvalue weighted by atomic mass is 79.9. The van der Waals surface area contributed by atoms with Crippen molar-refractivity contribution < 1.29 is 14.8 Å². The van der Waals surface area contributed by atoms with E-state index in [-0.39, 0.29) is 0 Å². The van der Waals surface area contributed by atoms with Crippen LogP contribution in [0.15, 0.2) is 39.9 Å². The Morgan fingerprint density at radius 3 is 2.77 bits per heavy atom. The molecule has 0 saturated heterocycles. The summed E-state index contributed by atoms with van der Waals surface area (Å²) in [4.78, 5) is 8.80. The molecule has 0 aliphatic heterocycles. The maximum atomic E-state index is 9.46. The van der Waals surface area contributed by atoms with Gasteiger partial charge >= 0.3 is 7.12 Å². The fourth-order valence-corrected chi connectivity index (χ4v) is 3.58. The second-order valence-corrected chi connectivity index (χ2v) is 6.86. The van der Waals surface area contributed by atoms with Gasteiger partial charge in [-0.25, -0.2) is 4.99 Å². The van der Waals surface area contributed by atoms with Crippen molar-refractivity contribution in [2.24, 2.45) is 12.0 Å². The zero-order valence-electron chi connectivity index (χ0n) is 14.2. The molecular formula is C17H17BBrN3O3S. The summed E-state index contributed by atoms with van der Waals surface area (Å²) in [6, 6.07) is 7.48. The Labute approximate surface area is 165 Å². The lowest BCUT2D eigenvalue weighted by Gasteiger charge is -2.10. The number of pyridine rings is 1. The van der Waals surface area contributed by atoms with Crippen LogP contribution >= 0.6 is 28.6 Å². The third-order valence-corrected chi connectivity index (χ3v) is 4.94. The summed E-state index contributed by atoms with van der Waals surface area (Å²) in [5.41, 5.74) is 5.26. The Balaban J connectivity index is 2.02. The van der Waals surface area contributed by atoms with Crippen LogP contribution < -0.4 is 10.3 Å². The Bertz CT molecular complexity index is 991. The van der Waals surface area contributed by atoms with Crippen LogP contribution in [-0.4, -0.2) is 39.4 Å². The first-order valence-electron chi connectivity index (χ1n) is 7.78. The van der Waals surface area contributed by atoms with E-state index in [1.165, 1.54) is 5.55 Å². The number of fused-ring (bicyclic) bond motifs is 1. The third kappa shape index (κ3) is 3.66. The molecule has 0 atom stereocenters. The summed E-state index contributed by atoms with van der Waals surface area (Å²) >= 11 is 7.57. The lowest BCUT2D eigenvalue weighted by atomic mass is 9.86. The summed E-state index contributed by atoms with van der Waals surface area (Å²) in [6.07, 6.45) is 2.29. The maximum absolute atomic E-state index is 9.46. The number of aryl methyl sites for hydroxylation is 1. The molecule has 0 saturated carbocycles. The van der Waals surface area contributed by atoms with E-state index in [2.05, 4.69) is 38.5 Å². The van der Waals surface area contributed by atoms with Crippen LogP contribution in [0.3, 0.4) is 0 Å². The zero-order chi connectivity index (χ0) is 18.8. The first-order valence-corrected chi connectivity index (χ1v) is 9.09. The van der Waals surface area contributed by atoms with Gasteiger partial charge in [0.25, 0.3) is 0 Å². The molecule has 0 spiro atoms. The second-order valence-electron chi connectivity index (χ2n) is 5.77. The first kappa shape index (κ1) is 19.0. The second kappa shape index (κ2) is 7.83. The number of nitrogens with zero attached hydrogens (tertiary/aromatic N) is 3. The van der Waals surface area contributed by atoms with Gasteiger partial charge in [0.1, 0.15) is 5.75 Å². The number of aromatic nitrogens is 2. The molecule has 26 heavy (non-hydrogen) atoms. The molecule has 0 bridgehead atoms. The van der Waals surface area contributed by atoms with Crippen LogP contribution in [0.1, 0.15) is 11.3 Å². The number of methoxy groups -OCH3 is 1. The van der Waals surface area contributed by atoms with Crippen LogP contribution in [0.5, 0.6) is 5.75 Å². The van der Waals surface area contributed by atoms with Crippen molar-refractivity contribution in [3.05, 3.63) is 46.2 Å². The topological polar surface area (TPSA) is 79.9 Å². The van der Waals surface area contributed by atoms with Crippen LogP contribution in [0.4, 0.5) is 5.69 Å². The third-order valence-electron chi connectivity index (χ3n) is 4.21. The van der Waals surface area contributed by atoms with Gasteiger partial charge in [-0.2, -0.15) is 0 Å². The van der Waals surface area contributed by atoms with E-state index in [9.17, 15) is 10.0 Å². The first-order chi connectivity index (χ1) is 12.4. The predicted molar refractivity (Wildman–Crippen MR) is 111 cm³/mol. The SMILES string of the molecule is COc1cc(/N=C\S)c(Cc2cc3cc(B(O)O)n(C)c3cn2)cc1Br. The molecule has 3 rings (SSSR count). The highest BCUT2D eigenvalue weighted by Crippen LogP contribution is 2.34. The Morgan fingerprint density at radius 1 is 1.35 bits per heavy atom. The van der Waals surface area contributed by atoms with Gasteiger partial charge in [0, 0.05) is 36.2 Å². The van der Waals surface area contributed by atoms with Crippen molar-refractivity contribution in [1.82, 2.24) is 9.55 Å².